The van der Waals surface area contributed by atoms with Gasteiger partial charge in [0.1, 0.15) is 10.6 Å². The molecule has 0 saturated carbocycles. The molecule has 3 nitrogen and oxygen atoms in total. The normalized spacial score (nSPS) is 12.2. The number of thiophene rings is 1. The van der Waals surface area contributed by atoms with Gasteiger partial charge in [-0.25, -0.2) is 9.97 Å². The Bertz CT molecular complexity index is 494. The number of alkyl halides is 3. The van der Waals surface area contributed by atoms with Crippen LogP contribution in [0.4, 0.5) is 19.0 Å². The minimum absolute atomic E-state index is 0.0769. The Balaban J connectivity index is 2.45. The number of rotatable bonds is 1. The third-order valence-electron chi connectivity index (χ3n) is 1.54. The first-order chi connectivity index (χ1) is 6.96. The van der Waals surface area contributed by atoms with Crippen LogP contribution >= 0.6 is 23.1 Å². The molecule has 2 heterocycles. The van der Waals surface area contributed by atoms with Gasteiger partial charge in [-0.3, -0.25) is 0 Å². The Morgan fingerprint density at radius 3 is 2.73 bits per heavy atom. The van der Waals surface area contributed by atoms with Crippen LogP contribution in [0.15, 0.2) is 16.6 Å². The summed E-state index contributed by atoms with van der Waals surface area (Å²) in [6.45, 7) is 0. The summed E-state index contributed by atoms with van der Waals surface area (Å²) in [6.07, 6.45) is 0. The van der Waals surface area contributed by atoms with Crippen LogP contribution in [0.2, 0.25) is 0 Å². The quantitative estimate of drug-likeness (QED) is 0.625. The molecular formula is C7H4F3N3S2. The van der Waals surface area contributed by atoms with Crippen LogP contribution in [0, 0.1) is 0 Å². The van der Waals surface area contributed by atoms with Gasteiger partial charge in [-0.2, -0.15) is 13.2 Å². The highest BCUT2D eigenvalue weighted by Crippen LogP contribution is 2.36. The molecule has 80 valence electrons. The molecule has 2 aromatic rings. The second-order valence-corrected chi connectivity index (χ2v) is 4.51. The summed E-state index contributed by atoms with van der Waals surface area (Å²) < 4.78 is 36.1. The lowest BCUT2D eigenvalue weighted by molar-refractivity contribution is -0.0330. The second-order valence-electron chi connectivity index (χ2n) is 2.58. The van der Waals surface area contributed by atoms with Gasteiger partial charge in [-0.15, -0.1) is 11.3 Å². The van der Waals surface area contributed by atoms with Crippen LogP contribution in [0.3, 0.4) is 0 Å². The van der Waals surface area contributed by atoms with Gasteiger partial charge >= 0.3 is 5.51 Å². The topological polar surface area (TPSA) is 51.8 Å². The first-order valence-corrected chi connectivity index (χ1v) is 5.42. The zero-order chi connectivity index (χ0) is 11.1. The number of halogens is 3. The van der Waals surface area contributed by atoms with E-state index in [-0.39, 0.29) is 22.7 Å². The molecule has 0 spiro atoms. The van der Waals surface area contributed by atoms with Crippen molar-refractivity contribution in [2.75, 3.05) is 5.73 Å². The molecule has 0 aliphatic heterocycles. The van der Waals surface area contributed by atoms with Crippen molar-refractivity contribution >= 4 is 39.1 Å². The van der Waals surface area contributed by atoms with E-state index >= 15 is 0 Å². The van der Waals surface area contributed by atoms with Crippen molar-refractivity contribution < 1.29 is 13.2 Å². The number of aromatic nitrogens is 2. The lowest BCUT2D eigenvalue weighted by atomic mass is 10.4. The number of nitrogens with zero attached hydrogens (tertiary/aromatic N) is 2. The maximum atomic E-state index is 12.0. The van der Waals surface area contributed by atoms with Gasteiger partial charge in [0.15, 0.2) is 5.16 Å². The predicted molar refractivity (Wildman–Crippen MR) is 53.7 cm³/mol. The minimum Gasteiger partial charge on any atom is -0.383 e. The molecule has 0 fully saturated rings. The van der Waals surface area contributed by atoms with Crippen molar-refractivity contribution in [2.24, 2.45) is 0 Å². The second kappa shape index (κ2) is 3.53. The SMILES string of the molecule is Nc1nc(SC(F)(F)F)nc2sccc12. The first-order valence-electron chi connectivity index (χ1n) is 3.72. The van der Waals surface area contributed by atoms with E-state index in [4.69, 9.17) is 5.73 Å². The van der Waals surface area contributed by atoms with E-state index in [9.17, 15) is 13.2 Å². The predicted octanol–water partition coefficient (Wildman–Crippen LogP) is 2.89. The van der Waals surface area contributed by atoms with Crippen LogP contribution < -0.4 is 5.73 Å². The van der Waals surface area contributed by atoms with Gasteiger partial charge < -0.3 is 5.73 Å². The van der Waals surface area contributed by atoms with Crippen LogP contribution in [0.1, 0.15) is 0 Å². The average Bonchev–Trinajstić information content (AvgIpc) is 2.48. The largest absolute Gasteiger partial charge is 0.449 e. The van der Waals surface area contributed by atoms with E-state index in [0.29, 0.717) is 10.2 Å². The molecule has 2 rings (SSSR count). The van der Waals surface area contributed by atoms with Crippen molar-refractivity contribution in [2.45, 2.75) is 10.7 Å². The summed E-state index contributed by atoms with van der Waals surface area (Å²) >= 11 is 0.867. The number of thioether (sulfide) groups is 1. The van der Waals surface area contributed by atoms with E-state index in [1.54, 1.807) is 11.4 Å². The van der Waals surface area contributed by atoms with Crippen molar-refractivity contribution in [3.63, 3.8) is 0 Å². The third kappa shape index (κ3) is 2.32. The van der Waals surface area contributed by atoms with E-state index < -0.39 is 5.51 Å². The monoisotopic (exact) mass is 251 g/mol. The van der Waals surface area contributed by atoms with Gasteiger partial charge in [0.25, 0.3) is 0 Å². The zero-order valence-electron chi connectivity index (χ0n) is 7.08. The summed E-state index contributed by atoms with van der Waals surface area (Å²) in [5.41, 5.74) is 1.10. The fraction of sp³-hybridized carbons (Fsp3) is 0.143. The Kier molecular flexibility index (Phi) is 2.47. The lowest BCUT2D eigenvalue weighted by Crippen LogP contribution is -2.03. The van der Waals surface area contributed by atoms with Crippen molar-refractivity contribution in [3.8, 4) is 0 Å². The van der Waals surface area contributed by atoms with E-state index in [1.165, 1.54) is 11.3 Å². The molecule has 0 radical (unpaired) electrons. The Hall–Kier alpha value is -1.02. The zero-order valence-corrected chi connectivity index (χ0v) is 8.71. The van der Waals surface area contributed by atoms with Crippen LogP contribution in [-0.2, 0) is 0 Å². The summed E-state index contributed by atoms with van der Waals surface area (Å²) in [7, 11) is 0. The fourth-order valence-corrected chi connectivity index (χ4v) is 2.32. The van der Waals surface area contributed by atoms with Crippen LogP contribution in [0.5, 0.6) is 0 Å². The molecule has 0 unspecified atom stereocenters. The Morgan fingerprint density at radius 1 is 1.33 bits per heavy atom. The smallest absolute Gasteiger partial charge is 0.383 e. The molecule has 0 atom stereocenters. The Morgan fingerprint density at radius 2 is 2.07 bits per heavy atom. The Labute approximate surface area is 90.5 Å². The number of nitrogens with two attached hydrogens (primary N) is 1. The summed E-state index contributed by atoms with van der Waals surface area (Å²) in [4.78, 5) is 7.79. The molecule has 8 heteroatoms. The summed E-state index contributed by atoms with van der Waals surface area (Å²) in [5.74, 6) is 0.0769. The van der Waals surface area contributed by atoms with Crippen LogP contribution in [0.25, 0.3) is 10.2 Å². The van der Waals surface area contributed by atoms with E-state index in [2.05, 4.69) is 9.97 Å². The molecule has 2 N–H and O–H groups in total. The molecule has 0 aliphatic rings. The maximum Gasteiger partial charge on any atom is 0.449 e. The summed E-state index contributed by atoms with van der Waals surface area (Å²) in [5, 5.41) is 1.93. The van der Waals surface area contributed by atoms with Crippen LogP contribution in [-0.4, -0.2) is 15.5 Å². The van der Waals surface area contributed by atoms with E-state index in [0.717, 1.165) is 0 Å². The molecule has 0 aromatic carbocycles. The fourth-order valence-electron chi connectivity index (χ4n) is 1.01. The van der Waals surface area contributed by atoms with E-state index in [1.807, 2.05) is 0 Å². The van der Waals surface area contributed by atoms with Gasteiger partial charge in [0.2, 0.25) is 0 Å². The number of hydrogen-bond acceptors (Lipinski definition) is 5. The third-order valence-corrected chi connectivity index (χ3v) is 2.94. The molecule has 2 aromatic heterocycles. The number of hydrogen-bond donors (Lipinski definition) is 1. The molecule has 15 heavy (non-hydrogen) atoms. The molecule has 0 bridgehead atoms. The van der Waals surface area contributed by atoms with Gasteiger partial charge in [0, 0.05) is 11.8 Å². The van der Waals surface area contributed by atoms with Gasteiger partial charge in [-0.05, 0) is 11.4 Å². The minimum atomic E-state index is -4.39. The molecule has 0 saturated heterocycles. The summed E-state index contributed by atoms with van der Waals surface area (Å²) in [6, 6.07) is 1.68. The van der Waals surface area contributed by atoms with Crippen molar-refractivity contribution in [1.29, 1.82) is 0 Å². The highest BCUT2D eigenvalue weighted by molar-refractivity contribution is 8.00. The van der Waals surface area contributed by atoms with Gasteiger partial charge in [-0.1, -0.05) is 0 Å². The standard InChI is InChI=1S/C7H4F3N3S2/c8-7(9,10)15-6-12-4(11)3-1-2-14-5(3)13-6/h1-2H,(H2,11,12,13). The number of fused-ring (bicyclic) bond motifs is 1. The first kappa shape index (κ1) is 10.5. The van der Waals surface area contributed by atoms with Gasteiger partial charge in [0.05, 0.1) is 5.39 Å². The van der Waals surface area contributed by atoms with Crippen molar-refractivity contribution in [1.82, 2.24) is 9.97 Å². The number of nitrogen functional groups attached to an aromatic ring is 1. The highest BCUT2D eigenvalue weighted by Gasteiger charge is 2.31. The molecule has 0 amide bonds. The average molecular weight is 251 g/mol. The maximum absolute atomic E-state index is 12.0. The lowest BCUT2D eigenvalue weighted by Gasteiger charge is -2.04. The number of anilines is 1. The van der Waals surface area contributed by atoms with Crippen molar-refractivity contribution in [3.05, 3.63) is 11.4 Å². The molecule has 0 aliphatic carbocycles. The molecular weight excluding hydrogens is 247 g/mol. The highest BCUT2D eigenvalue weighted by atomic mass is 32.2.